The van der Waals surface area contributed by atoms with Gasteiger partial charge in [-0.25, -0.2) is 0 Å². The molecular formula is C15H26N2O3. The van der Waals surface area contributed by atoms with E-state index in [2.05, 4.69) is 4.90 Å². The van der Waals surface area contributed by atoms with Gasteiger partial charge in [0.25, 0.3) is 0 Å². The monoisotopic (exact) mass is 282 g/mol. The van der Waals surface area contributed by atoms with E-state index in [4.69, 9.17) is 0 Å². The van der Waals surface area contributed by atoms with Crippen LogP contribution >= 0.6 is 0 Å². The number of carbonyl (C=O) groups excluding carboxylic acids is 2. The number of nitrogens with zero attached hydrogens (tertiary/aromatic N) is 2. The summed E-state index contributed by atoms with van der Waals surface area (Å²) in [6.07, 6.45) is 3.44. The molecule has 0 aromatic carbocycles. The predicted molar refractivity (Wildman–Crippen MR) is 76.0 cm³/mol. The number of likely N-dealkylation sites (tertiary alicyclic amines) is 1. The van der Waals surface area contributed by atoms with Crippen LogP contribution in [0, 0.1) is 5.41 Å². The van der Waals surface area contributed by atoms with Crippen molar-refractivity contribution in [3.05, 3.63) is 0 Å². The first-order valence-corrected chi connectivity index (χ1v) is 7.77. The number of hydrogen-bond acceptors (Lipinski definition) is 4. The van der Waals surface area contributed by atoms with E-state index in [1.54, 1.807) is 0 Å². The minimum absolute atomic E-state index is 0.0430. The summed E-state index contributed by atoms with van der Waals surface area (Å²) in [6.45, 7) is 6.46. The van der Waals surface area contributed by atoms with Gasteiger partial charge >= 0.3 is 0 Å². The molecule has 5 nitrogen and oxygen atoms in total. The third-order valence-corrected chi connectivity index (χ3v) is 4.81. The Bertz CT molecular complexity index is 373. The predicted octanol–water partition coefficient (Wildman–Crippen LogP) is 1.01. The molecule has 0 aromatic rings. The molecule has 2 fully saturated rings. The zero-order valence-corrected chi connectivity index (χ0v) is 12.6. The Kier molecular flexibility index (Phi) is 4.81. The molecule has 0 radical (unpaired) electrons. The van der Waals surface area contributed by atoms with Gasteiger partial charge in [0.2, 0.25) is 11.8 Å². The molecule has 114 valence electrons. The van der Waals surface area contributed by atoms with Crippen LogP contribution in [0.15, 0.2) is 0 Å². The van der Waals surface area contributed by atoms with E-state index in [-0.39, 0.29) is 18.4 Å². The van der Waals surface area contributed by atoms with E-state index in [1.807, 2.05) is 13.8 Å². The molecule has 2 aliphatic rings. The summed E-state index contributed by atoms with van der Waals surface area (Å²) in [5.41, 5.74) is -0.425. The lowest BCUT2D eigenvalue weighted by molar-refractivity contribution is -0.143. The second-order valence-electron chi connectivity index (χ2n) is 6.11. The topological polar surface area (TPSA) is 60.9 Å². The second-order valence-corrected chi connectivity index (χ2v) is 6.11. The van der Waals surface area contributed by atoms with E-state index < -0.39 is 11.5 Å². The van der Waals surface area contributed by atoms with Crippen molar-refractivity contribution in [3.63, 3.8) is 0 Å². The fraction of sp³-hybridized carbons (Fsp3) is 0.867. The fourth-order valence-electron chi connectivity index (χ4n) is 3.54. The highest BCUT2D eigenvalue weighted by Crippen LogP contribution is 2.46. The van der Waals surface area contributed by atoms with E-state index in [9.17, 15) is 14.7 Å². The summed E-state index contributed by atoms with van der Waals surface area (Å²) in [4.78, 5) is 28.0. The van der Waals surface area contributed by atoms with Crippen LogP contribution in [0.25, 0.3) is 0 Å². The Morgan fingerprint density at radius 1 is 1.25 bits per heavy atom. The molecule has 1 atom stereocenters. The third kappa shape index (κ3) is 2.88. The standard InChI is InChI=1S/C15H26N2O3/c1-3-16(4-2)10-12(18)11-17-13(19)9-15(14(17)20)7-5-6-8-15/h12,18H,3-11H2,1-2H3/t12-/m1/s1. The number of amides is 2. The maximum Gasteiger partial charge on any atom is 0.235 e. The minimum Gasteiger partial charge on any atom is -0.390 e. The first-order chi connectivity index (χ1) is 9.52. The molecule has 1 saturated carbocycles. The first kappa shape index (κ1) is 15.4. The fourth-order valence-corrected chi connectivity index (χ4v) is 3.54. The van der Waals surface area contributed by atoms with Crippen molar-refractivity contribution in [3.8, 4) is 0 Å². The Morgan fingerprint density at radius 2 is 1.85 bits per heavy atom. The number of β-amino-alcohol motifs (C(OH)–C–C–N with tert-alkyl or cyclic N) is 1. The number of hydrogen-bond donors (Lipinski definition) is 1. The Hall–Kier alpha value is -0.940. The molecule has 0 aromatic heterocycles. The summed E-state index contributed by atoms with van der Waals surface area (Å²) in [7, 11) is 0. The van der Waals surface area contributed by atoms with Crippen LogP contribution in [0.1, 0.15) is 46.0 Å². The maximum atomic E-state index is 12.5. The van der Waals surface area contributed by atoms with Crippen LogP contribution in [-0.2, 0) is 9.59 Å². The van der Waals surface area contributed by atoms with Crippen molar-refractivity contribution in [1.29, 1.82) is 0 Å². The lowest BCUT2D eigenvalue weighted by atomic mass is 9.84. The lowest BCUT2D eigenvalue weighted by Gasteiger charge is -2.26. The van der Waals surface area contributed by atoms with Gasteiger partial charge in [-0.3, -0.25) is 14.5 Å². The van der Waals surface area contributed by atoms with Gasteiger partial charge in [-0.05, 0) is 25.9 Å². The average Bonchev–Trinajstić information content (AvgIpc) is 2.98. The first-order valence-electron chi connectivity index (χ1n) is 7.77. The Morgan fingerprint density at radius 3 is 2.40 bits per heavy atom. The highest BCUT2D eigenvalue weighted by Gasteiger charge is 2.52. The van der Waals surface area contributed by atoms with Crippen molar-refractivity contribution in [2.75, 3.05) is 26.2 Å². The molecule has 1 spiro atoms. The van der Waals surface area contributed by atoms with Gasteiger partial charge in [-0.2, -0.15) is 0 Å². The normalized spacial score (nSPS) is 23.3. The molecule has 1 aliphatic carbocycles. The highest BCUT2D eigenvalue weighted by molar-refractivity contribution is 6.06. The highest BCUT2D eigenvalue weighted by atomic mass is 16.3. The van der Waals surface area contributed by atoms with Crippen molar-refractivity contribution in [2.24, 2.45) is 5.41 Å². The number of carbonyl (C=O) groups is 2. The maximum absolute atomic E-state index is 12.5. The number of aliphatic hydroxyl groups excluding tert-OH is 1. The molecule has 1 saturated heterocycles. The zero-order chi connectivity index (χ0) is 14.8. The van der Waals surface area contributed by atoms with Crippen LogP contribution in [0.3, 0.4) is 0 Å². The number of aliphatic hydroxyl groups is 1. The lowest BCUT2D eigenvalue weighted by Crippen LogP contribution is -2.43. The molecular weight excluding hydrogens is 256 g/mol. The van der Waals surface area contributed by atoms with Crippen LogP contribution in [0.2, 0.25) is 0 Å². The Balaban J connectivity index is 1.95. The Labute approximate surface area is 120 Å². The molecule has 0 bridgehead atoms. The molecule has 1 N–H and O–H groups in total. The average molecular weight is 282 g/mol. The summed E-state index contributed by atoms with van der Waals surface area (Å²) in [5.74, 6) is -0.144. The van der Waals surface area contributed by atoms with Crippen molar-refractivity contribution < 1.29 is 14.7 Å². The molecule has 20 heavy (non-hydrogen) atoms. The molecule has 5 heteroatoms. The van der Waals surface area contributed by atoms with Crippen molar-refractivity contribution in [1.82, 2.24) is 9.80 Å². The number of imide groups is 1. The summed E-state index contributed by atoms with van der Waals surface area (Å²) in [5, 5.41) is 10.1. The van der Waals surface area contributed by atoms with Gasteiger partial charge in [-0.15, -0.1) is 0 Å². The molecule has 2 rings (SSSR count). The van der Waals surface area contributed by atoms with E-state index in [0.29, 0.717) is 13.0 Å². The summed E-state index contributed by atoms with van der Waals surface area (Å²) < 4.78 is 0. The molecule has 1 heterocycles. The van der Waals surface area contributed by atoms with Crippen molar-refractivity contribution >= 4 is 11.8 Å². The van der Waals surface area contributed by atoms with Crippen LogP contribution in [0.5, 0.6) is 0 Å². The van der Waals surface area contributed by atoms with Crippen molar-refractivity contribution in [2.45, 2.75) is 52.1 Å². The zero-order valence-electron chi connectivity index (χ0n) is 12.6. The number of rotatable bonds is 6. The smallest absolute Gasteiger partial charge is 0.235 e. The van der Waals surface area contributed by atoms with Gasteiger partial charge in [0, 0.05) is 13.0 Å². The molecule has 2 amide bonds. The molecule has 1 aliphatic heterocycles. The second kappa shape index (κ2) is 6.22. The SMILES string of the molecule is CCN(CC)C[C@@H](O)CN1C(=O)CC2(CCCC2)C1=O. The number of likely N-dealkylation sites (N-methyl/N-ethyl adjacent to an activating group) is 1. The van der Waals surface area contributed by atoms with Crippen LogP contribution in [0.4, 0.5) is 0 Å². The van der Waals surface area contributed by atoms with Gasteiger partial charge in [0.05, 0.1) is 18.1 Å². The third-order valence-electron chi connectivity index (χ3n) is 4.81. The van der Waals surface area contributed by atoms with E-state index >= 15 is 0 Å². The summed E-state index contributed by atoms with van der Waals surface area (Å²) in [6, 6.07) is 0. The van der Waals surface area contributed by atoms with Gasteiger partial charge in [0.1, 0.15) is 0 Å². The van der Waals surface area contributed by atoms with Crippen LogP contribution < -0.4 is 0 Å². The van der Waals surface area contributed by atoms with Gasteiger partial charge in [0.15, 0.2) is 0 Å². The largest absolute Gasteiger partial charge is 0.390 e. The molecule has 0 unspecified atom stereocenters. The van der Waals surface area contributed by atoms with E-state index in [1.165, 1.54) is 4.90 Å². The minimum atomic E-state index is -0.653. The van der Waals surface area contributed by atoms with Gasteiger partial charge in [-0.1, -0.05) is 26.7 Å². The van der Waals surface area contributed by atoms with Gasteiger partial charge < -0.3 is 10.0 Å². The summed E-state index contributed by atoms with van der Waals surface area (Å²) >= 11 is 0. The van der Waals surface area contributed by atoms with E-state index in [0.717, 1.165) is 38.8 Å². The quantitative estimate of drug-likeness (QED) is 0.739. The van der Waals surface area contributed by atoms with Crippen LogP contribution in [-0.4, -0.2) is 59.0 Å².